The fourth-order valence-corrected chi connectivity index (χ4v) is 2.68. The average molecular weight is 223 g/mol. The van der Waals surface area contributed by atoms with E-state index < -0.39 is 0 Å². The average Bonchev–Trinajstić information content (AvgIpc) is 2.83. The summed E-state index contributed by atoms with van der Waals surface area (Å²) in [5.41, 5.74) is 8.22. The second-order valence-corrected chi connectivity index (χ2v) is 4.92. The van der Waals surface area contributed by atoms with Gasteiger partial charge in [0.15, 0.2) is 0 Å². The maximum atomic E-state index is 3.41. The van der Waals surface area contributed by atoms with Crippen molar-refractivity contribution in [3.8, 4) is 0 Å². The third-order valence-electron chi connectivity index (χ3n) is 3.93. The molecule has 86 valence electrons. The summed E-state index contributed by atoms with van der Waals surface area (Å²) >= 11 is 0. The van der Waals surface area contributed by atoms with Crippen molar-refractivity contribution in [3.05, 3.63) is 58.4 Å². The number of hydrogen-bond acceptors (Lipinski definition) is 0. The summed E-state index contributed by atoms with van der Waals surface area (Å²) < 4.78 is 0. The lowest BCUT2D eigenvalue weighted by Crippen LogP contribution is -1.94. The van der Waals surface area contributed by atoms with Crippen LogP contribution in [-0.2, 0) is 0 Å². The molecule has 0 saturated heterocycles. The van der Waals surface area contributed by atoms with Crippen molar-refractivity contribution in [3.63, 3.8) is 0 Å². The van der Waals surface area contributed by atoms with Crippen molar-refractivity contribution in [2.75, 3.05) is 0 Å². The number of aromatic nitrogens is 1. The Kier molecular flexibility index (Phi) is 2.22. The summed E-state index contributed by atoms with van der Waals surface area (Å²) in [6.07, 6.45) is 4.42. The summed E-state index contributed by atoms with van der Waals surface area (Å²) in [7, 11) is 0. The fourth-order valence-electron chi connectivity index (χ4n) is 2.68. The number of hydrogen-bond donors (Lipinski definition) is 1. The van der Waals surface area contributed by atoms with Gasteiger partial charge in [-0.15, -0.1) is 0 Å². The highest BCUT2D eigenvalue weighted by atomic mass is 14.7. The van der Waals surface area contributed by atoms with Crippen LogP contribution in [0.15, 0.2) is 30.5 Å². The van der Waals surface area contributed by atoms with Gasteiger partial charge in [-0.2, -0.15) is 0 Å². The van der Waals surface area contributed by atoms with Gasteiger partial charge in [0.1, 0.15) is 0 Å². The highest BCUT2D eigenvalue weighted by Gasteiger charge is 2.23. The first kappa shape index (κ1) is 10.4. The van der Waals surface area contributed by atoms with Gasteiger partial charge in [-0.1, -0.05) is 31.2 Å². The molecular formula is C16H17N. The second-order valence-electron chi connectivity index (χ2n) is 4.92. The summed E-state index contributed by atoms with van der Waals surface area (Å²) in [6, 6.07) is 8.66. The molecule has 1 unspecified atom stereocenters. The molecule has 1 atom stereocenters. The smallest absolute Gasteiger partial charge is 0.0451 e. The first-order valence-electron chi connectivity index (χ1n) is 6.14. The van der Waals surface area contributed by atoms with Crippen LogP contribution in [0.25, 0.3) is 11.6 Å². The molecule has 3 rings (SSSR count). The number of allylic oxidation sites excluding steroid dienone is 1. The molecule has 0 aliphatic heterocycles. The minimum atomic E-state index is 0.489. The van der Waals surface area contributed by atoms with Crippen LogP contribution in [0, 0.1) is 13.8 Å². The van der Waals surface area contributed by atoms with E-state index in [-0.39, 0.29) is 0 Å². The van der Waals surface area contributed by atoms with E-state index in [0.717, 1.165) is 0 Å². The normalized spacial score (nSPS) is 18.1. The largest absolute Gasteiger partial charge is 0.361 e. The Morgan fingerprint density at radius 3 is 2.53 bits per heavy atom. The molecule has 17 heavy (non-hydrogen) atoms. The van der Waals surface area contributed by atoms with Crippen molar-refractivity contribution in [2.24, 2.45) is 0 Å². The Labute approximate surface area is 102 Å². The van der Waals surface area contributed by atoms with Crippen LogP contribution >= 0.6 is 0 Å². The standard InChI is InChI=1S/C16H17N/c1-10-9-17-16(11(10)2)15-8-13-6-4-5-7-14(13)12(15)3/h4-9,12,17H,1-3H3. The van der Waals surface area contributed by atoms with Crippen LogP contribution in [0.5, 0.6) is 0 Å². The summed E-state index contributed by atoms with van der Waals surface area (Å²) in [6.45, 7) is 6.63. The summed E-state index contributed by atoms with van der Waals surface area (Å²) in [5.74, 6) is 0.489. The number of aryl methyl sites for hydroxylation is 1. The minimum Gasteiger partial charge on any atom is -0.361 e. The van der Waals surface area contributed by atoms with Crippen LogP contribution in [0.2, 0.25) is 0 Å². The van der Waals surface area contributed by atoms with Crippen molar-refractivity contribution in [1.29, 1.82) is 0 Å². The van der Waals surface area contributed by atoms with Crippen LogP contribution < -0.4 is 0 Å². The van der Waals surface area contributed by atoms with Gasteiger partial charge >= 0.3 is 0 Å². The lowest BCUT2D eigenvalue weighted by atomic mass is 9.94. The molecule has 0 amide bonds. The Morgan fingerprint density at radius 2 is 1.88 bits per heavy atom. The Hall–Kier alpha value is -1.76. The number of nitrogens with one attached hydrogen (secondary N) is 1. The number of aromatic amines is 1. The van der Waals surface area contributed by atoms with Gasteiger partial charge in [0.2, 0.25) is 0 Å². The SMILES string of the molecule is Cc1c[nH]c(C2=Cc3ccccc3C2C)c1C. The fraction of sp³-hybridized carbons (Fsp3) is 0.250. The Bertz CT molecular complexity index is 602. The van der Waals surface area contributed by atoms with Crippen molar-refractivity contribution in [1.82, 2.24) is 4.98 Å². The number of H-pyrrole nitrogens is 1. The Morgan fingerprint density at radius 1 is 1.12 bits per heavy atom. The molecule has 0 spiro atoms. The topological polar surface area (TPSA) is 15.8 Å². The van der Waals surface area contributed by atoms with Crippen LogP contribution in [-0.4, -0.2) is 4.98 Å². The van der Waals surface area contributed by atoms with Crippen molar-refractivity contribution in [2.45, 2.75) is 26.7 Å². The molecule has 1 nitrogen and oxygen atoms in total. The Balaban J connectivity index is 2.12. The van der Waals surface area contributed by atoms with E-state index in [1.54, 1.807) is 0 Å². The molecule has 1 heterocycles. The minimum absolute atomic E-state index is 0.489. The maximum Gasteiger partial charge on any atom is 0.0451 e. The second kappa shape index (κ2) is 3.63. The van der Waals surface area contributed by atoms with Gasteiger partial charge in [0.25, 0.3) is 0 Å². The molecule has 0 saturated carbocycles. The van der Waals surface area contributed by atoms with E-state index in [9.17, 15) is 0 Å². The predicted octanol–water partition coefficient (Wildman–Crippen LogP) is 4.29. The molecular weight excluding hydrogens is 206 g/mol. The summed E-state index contributed by atoms with van der Waals surface area (Å²) in [5, 5.41) is 0. The first-order valence-corrected chi connectivity index (χ1v) is 6.14. The zero-order chi connectivity index (χ0) is 12.0. The van der Waals surface area contributed by atoms with E-state index in [1.807, 2.05) is 0 Å². The molecule has 1 aliphatic carbocycles. The van der Waals surface area contributed by atoms with Gasteiger partial charge in [0.05, 0.1) is 0 Å². The van der Waals surface area contributed by atoms with E-state index in [2.05, 4.69) is 62.3 Å². The highest BCUT2D eigenvalue weighted by molar-refractivity contribution is 5.91. The van der Waals surface area contributed by atoms with Crippen LogP contribution in [0.3, 0.4) is 0 Å². The molecule has 0 radical (unpaired) electrons. The number of rotatable bonds is 1. The summed E-state index contributed by atoms with van der Waals surface area (Å²) in [4.78, 5) is 3.41. The molecule has 1 aromatic heterocycles. The van der Waals surface area contributed by atoms with Gasteiger partial charge in [-0.25, -0.2) is 0 Å². The van der Waals surface area contributed by atoms with Crippen molar-refractivity contribution >= 4 is 11.6 Å². The molecule has 0 fully saturated rings. The van der Waals surface area contributed by atoms with Gasteiger partial charge in [-0.3, -0.25) is 0 Å². The van der Waals surface area contributed by atoms with Gasteiger partial charge < -0.3 is 4.98 Å². The van der Waals surface area contributed by atoms with Crippen LogP contribution in [0.1, 0.15) is 40.8 Å². The monoisotopic (exact) mass is 223 g/mol. The van der Waals surface area contributed by atoms with E-state index in [0.29, 0.717) is 5.92 Å². The molecule has 1 aliphatic rings. The van der Waals surface area contributed by atoms with Gasteiger partial charge in [0, 0.05) is 17.8 Å². The van der Waals surface area contributed by atoms with Gasteiger partial charge in [-0.05, 0) is 47.8 Å². The third-order valence-corrected chi connectivity index (χ3v) is 3.93. The first-order chi connectivity index (χ1) is 8.18. The zero-order valence-electron chi connectivity index (χ0n) is 10.5. The molecule has 1 heteroatoms. The molecule has 0 bridgehead atoms. The third kappa shape index (κ3) is 1.46. The number of benzene rings is 1. The maximum absolute atomic E-state index is 3.41. The lowest BCUT2D eigenvalue weighted by Gasteiger charge is -2.11. The van der Waals surface area contributed by atoms with Crippen LogP contribution in [0.4, 0.5) is 0 Å². The van der Waals surface area contributed by atoms with E-state index in [4.69, 9.17) is 0 Å². The molecule has 1 N–H and O–H groups in total. The molecule has 2 aromatic rings. The lowest BCUT2D eigenvalue weighted by molar-refractivity contribution is 0.997. The zero-order valence-corrected chi connectivity index (χ0v) is 10.5. The van der Waals surface area contributed by atoms with E-state index >= 15 is 0 Å². The predicted molar refractivity (Wildman–Crippen MR) is 73.0 cm³/mol. The van der Waals surface area contributed by atoms with E-state index in [1.165, 1.54) is 33.5 Å². The highest BCUT2D eigenvalue weighted by Crippen LogP contribution is 2.42. The quantitative estimate of drug-likeness (QED) is 0.742. The molecule has 1 aromatic carbocycles. The van der Waals surface area contributed by atoms with Crippen molar-refractivity contribution < 1.29 is 0 Å². The number of fused-ring (bicyclic) bond motifs is 1.